The highest BCUT2D eigenvalue weighted by Gasteiger charge is 2.25. The summed E-state index contributed by atoms with van der Waals surface area (Å²) in [4.78, 5) is 0. The van der Waals surface area contributed by atoms with E-state index in [2.05, 4.69) is 26.1 Å². The summed E-state index contributed by atoms with van der Waals surface area (Å²) in [5.74, 6) is 1.45. The molecule has 1 rings (SSSR count). The van der Waals surface area contributed by atoms with Crippen LogP contribution in [-0.2, 0) is 4.74 Å². The van der Waals surface area contributed by atoms with Crippen molar-refractivity contribution >= 4 is 11.8 Å². The van der Waals surface area contributed by atoms with Crippen LogP contribution in [0.25, 0.3) is 0 Å². The Morgan fingerprint density at radius 1 is 1.44 bits per heavy atom. The minimum atomic E-state index is -0.239. The Balaban J connectivity index is 2.03. The molecule has 16 heavy (non-hydrogen) atoms. The minimum Gasteiger partial charge on any atom is -0.391 e. The van der Waals surface area contributed by atoms with Crippen molar-refractivity contribution in [1.29, 1.82) is 0 Å². The maximum absolute atomic E-state index is 9.78. The van der Waals surface area contributed by atoms with Crippen molar-refractivity contribution < 1.29 is 9.84 Å². The zero-order valence-corrected chi connectivity index (χ0v) is 11.4. The highest BCUT2D eigenvalue weighted by molar-refractivity contribution is 8.00. The van der Waals surface area contributed by atoms with Gasteiger partial charge >= 0.3 is 0 Å². The van der Waals surface area contributed by atoms with E-state index in [0.29, 0.717) is 23.8 Å². The first-order valence-electron chi connectivity index (χ1n) is 6.21. The second-order valence-corrected chi connectivity index (χ2v) is 6.21. The van der Waals surface area contributed by atoms with Gasteiger partial charge in [-0.25, -0.2) is 0 Å². The normalized spacial score (nSPS) is 27.6. The Bertz CT molecular complexity index is 190. The van der Waals surface area contributed by atoms with E-state index in [4.69, 9.17) is 4.74 Å². The Labute approximate surface area is 103 Å². The topological polar surface area (TPSA) is 41.5 Å². The van der Waals surface area contributed by atoms with Gasteiger partial charge < -0.3 is 15.2 Å². The van der Waals surface area contributed by atoms with Crippen LogP contribution in [0.5, 0.6) is 0 Å². The number of aliphatic hydroxyl groups excluding tert-OH is 1. The summed E-state index contributed by atoms with van der Waals surface area (Å²) in [5, 5.41) is 13.6. The number of aliphatic hydroxyl groups is 1. The summed E-state index contributed by atoms with van der Waals surface area (Å²) < 4.78 is 5.49. The van der Waals surface area contributed by atoms with Gasteiger partial charge in [-0.15, -0.1) is 0 Å². The summed E-state index contributed by atoms with van der Waals surface area (Å²) >= 11 is 1.84. The molecule has 3 atom stereocenters. The zero-order valence-electron chi connectivity index (χ0n) is 10.6. The molecule has 3 nitrogen and oxygen atoms in total. The molecule has 4 heteroatoms. The van der Waals surface area contributed by atoms with Crippen LogP contribution >= 0.6 is 11.8 Å². The third-order valence-corrected chi connectivity index (χ3v) is 4.37. The van der Waals surface area contributed by atoms with Crippen molar-refractivity contribution in [3.63, 3.8) is 0 Å². The standard InChI is InChI=1S/C12H25NO2S/c1-9(2)6-13-7-11(14)8-16-12-4-5-15-10(12)3/h9-14H,4-8H2,1-3H3. The summed E-state index contributed by atoms with van der Waals surface area (Å²) in [5.41, 5.74) is 0. The van der Waals surface area contributed by atoms with E-state index in [0.717, 1.165) is 25.3 Å². The number of nitrogens with one attached hydrogen (secondary N) is 1. The maximum Gasteiger partial charge on any atom is 0.0754 e. The number of ether oxygens (including phenoxy) is 1. The van der Waals surface area contributed by atoms with Crippen LogP contribution in [0.3, 0.4) is 0 Å². The lowest BCUT2D eigenvalue weighted by atomic mass is 10.2. The molecule has 0 amide bonds. The van der Waals surface area contributed by atoms with Gasteiger partial charge in [-0.05, 0) is 25.8 Å². The molecule has 1 aliphatic heterocycles. The number of hydrogen-bond acceptors (Lipinski definition) is 4. The van der Waals surface area contributed by atoms with E-state index in [9.17, 15) is 5.11 Å². The van der Waals surface area contributed by atoms with Gasteiger partial charge in [0.25, 0.3) is 0 Å². The van der Waals surface area contributed by atoms with Gasteiger partial charge in [0.1, 0.15) is 0 Å². The van der Waals surface area contributed by atoms with Gasteiger partial charge in [-0.3, -0.25) is 0 Å². The van der Waals surface area contributed by atoms with E-state index in [1.807, 2.05) is 11.8 Å². The number of thioether (sulfide) groups is 1. The molecule has 1 aliphatic rings. The molecule has 0 saturated carbocycles. The lowest BCUT2D eigenvalue weighted by molar-refractivity contribution is 0.127. The molecule has 1 fully saturated rings. The quantitative estimate of drug-likeness (QED) is 0.715. The summed E-state index contributed by atoms with van der Waals surface area (Å²) in [7, 11) is 0. The first-order valence-corrected chi connectivity index (χ1v) is 7.26. The Kier molecular flexibility index (Phi) is 6.73. The first kappa shape index (κ1) is 14.3. The molecular weight excluding hydrogens is 222 g/mol. The van der Waals surface area contributed by atoms with Crippen LogP contribution in [0, 0.1) is 5.92 Å². The van der Waals surface area contributed by atoms with Crippen LogP contribution in [-0.4, -0.2) is 48.0 Å². The fourth-order valence-corrected chi connectivity index (χ4v) is 2.96. The van der Waals surface area contributed by atoms with Crippen molar-refractivity contribution in [2.75, 3.05) is 25.4 Å². The van der Waals surface area contributed by atoms with E-state index in [-0.39, 0.29) is 6.10 Å². The SMILES string of the molecule is CC(C)CNCC(O)CSC1CCOC1C. The molecule has 1 heterocycles. The van der Waals surface area contributed by atoms with Crippen molar-refractivity contribution in [3.8, 4) is 0 Å². The predicted molar refractivity (Wildman–Crippen MR) is 70.0 cm³/mol. The third-order valence-electron chi connectivity index (χ3n) is 2.74. The number of hydrogen-bond donors (Lipinski definition) is 2. The van der Waals surface area contributed by atoms with Gasteiger partial charge in [-0.2, -0.15) is 11.8 Å². The summed E-state index contributed by atoms with van der Waals surface area (Å²) in [6.45, 7) is 9.02. The van der Waals surface area contributed by atoms with E-state index >= 15 is 0 Å². The fraction of sp³-hybridized carbons (Fsp3) is 1.00. The van der Waals surface area contributed by atoms with E-state index in [1.165, 1.54) is 0 Å². The molecule has 2 N–H and O–H groups in total. The summed E-state index contributed by atoms with van der Waals surface area (Å²) in [6, 6.07) is 0. The average Bonchev–Trinajstić information content (AvgIpc) is 2.60. The molecule has 96 valence electrons. The van der Waals surface area contributed by atoms with Crippen LogP contribution in [0.1, 0.15) is 27.2 Å². The molecule has 3 unspecified atom stereocenters. The second-order valence-electron chi connectivity index (χ2n) is 4.94. The van der Waals surface area contributed by atoms with Gasteiger partial charge in [-0.1, -0.05) is 13.8 Å². The van der Waals surface area contributed by atoms with Crippen LogP contribution < -0.4 is 5.32 Å². The first-order chi connectivity index (χ1) is 7.59. The molecular formula is C12H25NO2S. The zero-order chi connectivity index (χ0) is 12.0. The Hall–Kier alpha value is 0.230. The Morgan fingerprint density at radius 2 is 2.19 bits per heavy atom. The molecule has 0 spiro atoms. The smallest absolute Gasteiger partial charge is 0.0754 e. The lowest BCUT2D eigenvalue weighted by Gasteiger charge is -2.17. The highest BCUT2D eigenvalue weighted by atomic mass is 32.2. The predicted octanol–water partition coefficient (Wildman–Crippen LogP) is 1.50. The lowest BCUT2D eigenvalue weighted by Crippen LogP contribution is -2.31. The van der Waals surface area contributed by atoms with Gasteiger partial charge in [0.2, 0.25) is 0 Å². The Morgan fingerprint density at radius 3 is 2.75 bits per heavy atom. The highest BCUT2D eigenvalue weighted by Crippen LogP contribution is 2.26. The molecule has 1 saturated heterocycles. The van der Waals surface area contributed by atoms with Crippen molar-refractivity contribution in [2.24, 2.45) is 5.92 Å². The monoisotopic (exact) mass is 247 g/mol. The average molecular weight is 247 g/mol. The largest absolute Gasteiger partial charge is 0.391 e. The molecule has 0 aromatic heterocycles. The van der Waals surface area contributed by atoms with Gasteiger partial charge in [0, 0.05) is 24.2 Å². The second kappa shape index (κ2) is 7.54. The number of rotatable bonds is 7. The third kappa shape index (κ3) is 5.53. The maximum atomic E-state index is 9.78. The van der Waals surface area contributed by atoms with E-state index in [1.54, 1.807) is 0 Å². The fourth-order valence-electron chi connectivity index (χ4n) is 1.76. The molecule has 0 aromatic rings. The molecule has 0 aliphatic carbocycles. The van der Waals surface area contributed by atoms with E-state index < -0.39 is 0 Å². The van der Waals surface area contributed by atoms with Crippen molar-refractivity contribution in [1.82, 2.24) is 5.32 Å². The van der Waals surface area contributed by atoms with Crippen LogP contribution in [0.4, 0.5) is 0 Å². The minimum absolute atomic E-state index is 0.239. The van der Waals surface area contributed by atoms with Crippen LogP contribution in [0.2, 0.25) is 0 Å². The van der Waals surface area contributed by atoms with Gasteiger partial charge in [0.15, 0.2) is 0 Å². The molecule has 0 bridgehead atoms. The molecule has 0 radical (unpaired) electrons. The van der Waals surface area contributed by atoms with Crippen molar-refractivity contribution in [3.05, 3.63) is 0 Å². The summed E-state index contributed by atoms with van der Waals surface area (Å²) in [6.07, 6.45) is 1.23. The van der Waals surface area contributed by atoms with Gasteiger partial charge in [0.05, 0.1) is 12.2 Å². The van der Waals surface area contributed by atoms with Crippen molar-refractivity contribution in [2.45, 2.75) is 44.6 Å². The van der Waals surface area contributed by atoms with Crippen LogP contribution in [0.15, 0.2) is 0 Å². The molecule has 0 aromatic carbocycles.